The SMILES string of the molecule is CN1CCC[C@@H]1c1cn2cc(NC(=O)c3ccc4scnc4c3)ccc2n1. The summed E-state index contributed by atoms with van der Waals surface area (Å²) in [5.41, 5.74) is 5.98. The summed E-state index contributed by atoms with van der Waals surface area (Å²) in [5.74, 6) is -0.139. The van der Waals surface area contributed by atoms with Crippen LogP contribution in [-0.2, 0) is 0 Å². The van der Waals surface area contributed by atoms with Crippen molar-refractivity contribution in [2.75, 3.05) is 18.9 Å². The predicted molar refractivity (Wildman–Crippen MR) is 107 cm³/mol. The number of benzene rings is 1. The fraction of sp³-hybridized carbons (Fsp3) is 0.250. The zero-order valence-corrected chi connectivity index (χ0v) is 15.7. The second-order valence-corrected chi connectivity index (χ2v) is 7.86. The molecule has 1 aliphatic rings. The van der Waals surface area contributed by atoms with Crippen LogP contribution in [0.1, 0.15) is 34.9 Å². The quantitative estimate of drug-likeness (QED) is 0.587. The lowest BCUT2D eigenvalue weighted by molar-refractivity contribution is 0.102. The Bertz CT molecular complexity index is 1150. The summed E-state index contributed by atoms with van der Waals surface area (Å²) in [6, 6.07) is 9.81. The Labute approximate surface area is 160 Å². The van der Waals surface area contributed by atoms with Crippen molar-refractivity contribution in [1.29, 1.82) is 0 Å². The van der Waals surface area contributed by atoms with Crippen LogP contribution in [0.25, 0.3) is 15.9 Å². The van der Waals surface area contributed by atoms with Crippen molar-refractivity contribution in [1.82, 2.24) is 19.3 Å². The summed E-state index contributed by atoms with van der Waals surface area (Å²) in [4.78, 5) is 24.0. The van der Waals surface area contributed by atoms with Gasteiger partial charge in [-0.05, 0) is 56.8 Å². The van der Waals surface area contributed by atoms with Gasteiger partial charge in [-0.2, -0.15) is 0 Å². The molecular formula is C20H19N5OS. The van der Waals surface area contributed by atoms with E-state index in [4.69, 9.17) is 4.98 Å². The molecule has 4 heterocycles. The first-order valence-electron chi connectivity index (χ1n) is 9.01. The molecule has 1 N–H and O–H groups in total. The summed E-state index contributed by atoms with van der Waals surface area (Å²) < 4.78 is 3.07. The van der Waals surface area contributed by atoms with E-state index in [-0.39, 0.29) is 5.91 Å². The highest BCUT2D eigenvalue weighted by atomic mass is 32.1. The molecule has 3 aromatic heterocycles. The number of rotatable bonds is 3. The Morgan fingerprint density at radius 3 is 3.04 bits per heavy atom. The van der Waals surface area contributed by atoms with Crippen LogP contribution in [0.3, 0.4) is 0 Å². The van der Waals surface area contributed by atoms with E-state index < -0.39 is 0 Å². The van der Waals surface area contributed by atoms with Crippen LogP contribution < -0.4 is 5.32 Å². The van der Waals surface area contributed by atoms with Crippen LogP contribution in [-0.4, -0.2) is 38.8 Å². The number of carbonyl (C=O) groups excluding carboxylic acids is 1. The molecule has 0 unspecified atom stereocenters. The molecule has 136 valence electrons. The summed E-state index contributed by atoms with van der Waals surface area (Å²) in [7, 11) is 2.15. The Hall–Kier alpha value is -2.77. The van der Waals surface area contributed by atoms with Crippen LogP contribution in [0.4, 0.5) is 5.69 Å². The smallest absolute Gasteiger partial charge is 0.255 e. The average Bonchev–Trinajstić information content (AvgIpc) is 3.39. The van der Waals surface area contributed by atoms with E-state index in [1.165, 1.54) is 6.42 Å². The number of pyridine rings is 1. The number of anilines is 1. The van der Waals surface area contributed by atoms with Crippen LogP contribution >= 0.6 is 11.3 Å². The Morgan fingerprint density at radius 1 is 1.26 bits per heavy atom. The Morgan fingerprint density at radius 2 is 2.19 bits per heavy atom. The Balaban J connectivity index is 1.40. The summed E-state index contributed by atoms with van der Waals surface area (Å²) in [6.07, 6.45) is 6.33. The average molecular weight is 377 g/mol. The van der Waals surface area contributed by atoms with Crippen molar-refractivity contribution in [3.05, 3.63) is 59.5 Å². The number of likely N-dealkylation sites (tertiary alicyclic amines) is 1. The second-order valence-electron chi connectivity index (χ2n) is 6.98. The second kappa shape index (κ2) is 6.44. The molecule has 1 fully saturated rings. The van der Waals surface area contributed by atoms with E-state index in [2.05, 4.69) is 28.4 Å². The zero-order chi connectivity index (χ0) is 18.4. The van der Waals surface area contributed by atoms with Crippen LogP contribution in [0.5, 0.6) is 0 Å². The van der Waals surface area contributed by atoms with Crippen molar-refractivity contribution in [2.45, 2.75) is 18.9 Å². The van der Waals surface area contributed by atoms with Gasteiger partial charge in [0, 0.05) is 18.0 Å². The van der Waals surface area contributed by atoms with Gasteiger partial charge in [-0.1, -0.05) is 0 Å². The first kappa shape index (κ1) is 16.4. The van der Waals surface area contributed by atoms with Gasteiger partial charge >= 0.3 is 0 Å². The third-order valence-electron chi connectivity index (χ3n) is 5.18. The monoisotopic (exact) mass is 377 g/mol. The van der Waals surface area contributed by atoms with Gasteiger partial charge in [0.2, 0.25) is 0 Å². The van der Waals surface area contributed by atoms with Gasteiger partial charge in [-0.25, -0.2) is 9.97 Å². The topological polar surface area (TPSA) is 62.5 Å². The number of aromatic nitrogens is 3. The van der Waals surface area contributed by atoms with E-state index >= 15 is 0 Å². The van der Waals surface area contributed by atoms with Gasteiger partial charge in [0.15, 0.2) is 0 Å². The number of imidazole rings is 1. The zero-order valence-electron chi connectivity index (χ0n) is 14.9. The largest absolute Gasteiger partial charge is 0.321 e. The van der Waals surface area contributed by atoms with Gasteiger partial charge < -0.3 is 9.72 Å². The number of thiazole rings is 1. The molecule has 0 aliphatic carbocycles. The first-order valence-corrected chi connectivity index (χ1v) is 9.89. The molecule has 0 radical (unpaired) electrons. The number of amides is 1. The van der Waals surface area contributed by atoms with Crippen LogP contribution in [0.15, 0.2) is 48.2 Å². The third-order valence-corrected chi connectivity index (χ3v) is 5.99. The standard InChI is InChI=1S/C20H19N5OS/c1-24-8-2-3-17(24)16-11-25-10-14(5-7-19(25)23-16)22-20(26)13-4-6-18-15(9-13)21-12-27-18/h4-7,9-12,17H,2-3,8H2,1H3,(H,22,26)/t17-/m1/s1. The fourth-order valence-corrected chi connectivity index (χ4v) is 4.39. The molecule has 1 aliphatic heterocycles. The molecule has 27 heavy (non-hydrogen) atoms. The van der Waals surface area contributed by atoms with Gasteiger partial charge in [0.25, 0.3) is 5.91 Å². The maximum absolute atomic E-state index is 12.6. The van der Waals surface area contributed by atoms with Crippen molar-refractivity contribution in [3.63, 3.8) is 0 Å². The minimum absolute atomic E-state index is 0.139. The van der Waals surface area contributed by atoms with E-state index in [1.807, 2.05) is 40.9 Å². The summed E-state index contributed by atoms with van der Waals surface area (Å²) in [5, 5.41) is 2.97. The van der Waals surface area contributed by atoms with Crippen molar-refractivity contribution in [3.8, 4) is 0 Å². The number of hydrogen-bond acceptors (Lipinski definition) is 5. The Kier molecular flexibility index (Phi) is 3.91. The van der Waals surface area contributed by atoms with Crippen LogP contribution in [0, 0.1) is 0 Å². The van der Waals surface area contributed by atoms with E-state index in [0.29, 0.717) is 11.6 Å². The summed E-state index contributed by atoms with van der Waals surface area (Å²) >= 11 is 1.57. The van der Waals surface area contributed by atoms with Gasteiger partial charge in [-0.15, -0.1) is 11.3 Å². The highest BCUT2D eigenvalue weighted by Gasteiger charge is 2.24. The maximum atomic E-state index is 12.6. The minimum atomic E-state index is -0.139. The molecule has 4 aromatic rings. The number of nitrogens with one attached hydrogen (secondary N) is 1. The third kappa shape index (κ3) is 2.98. The molecular weight excluding hydrogens is 358 g/mol. The number of nitrogens with zero attached hydrogens (tertiary/aromatic N) is 4. The lowest BCUT2D eigenvalue weighted by Crippen LogP contribution is -2.17. The molecule has 5 rings (SSSR count). The molecule has 1 amide bonds. The number of fused-ring (bicyclic) bond motifs is 2. The van der Waals surface area contributed by atoms with Crippen molar-refractivity contribution >= 4 is 38.8 Å². The van der Waals surface area contributed by atoms with E-state index in [0.717, 1.165) is 40.2 Å². The highest BCUT2D eigenvalue weighted by molar-refractivity contribution is 7.16. The highest BCUT2D eigenvalue weighted by Crippen LogP contribution is 2.30. The molecule has 0 saturated carbocycles. The van der Waals surface area contributed by atoms with Gasteiger partial charge in [0.05, 0.1) is 33.2 Å². The van der Waals surface area contributed by atoms with E-state index in [9.17, 15) is 4.79 Å². The van der Waals surface area contributed by atoms with E-state index in [1.54, 1.807) is 16.8 Å². The first-order chi connectivity index (χ1) is 13.2. The molecule has 7 heteroatoms. The van der Waals surface area contributed by atoms with Crippen molar-refractivity contribution < 1.29 is 4.79 Å². The lowest BCUT2D eigenvalue weighted by Gasteiger charge is -2.16. The molecule has 1 aromatic carbocycles. The van der Waals surface area contributed by atoms with Crippen molar-refractivity contribution in [2.24, 2.45) is 0 Å². The molecule has 0 bridgehead atoms. The normalized spacial score (nSPS) is 17.7. The molecule has 6 nitrogen and oxygen atoms in total. The summed E-state index contributed by atoms with van der Waals surface area (Å²) in [6.45, 7) is 1.11. The number of carbonyl (C=O) groups is 1. The van der Waals surface area contributed by atoms with Gasteiger partial charge in [0.1, 0.15) is 5.65 Å². The number of hydrogen-bond donors (Lipinski definition) is 1. The van der Waals surface area contributed by atoms with Crippen LogP contribution in [0.2, 0.25) is 0 Å². The predicted octanol–water partition coefficient (Wildman–Crippen LogP) is 3.96. The molecule has 1 saturated heterocycles. The molecule has 1 atom stereocenters. The maximum Gasteiger partial charge on any atom is 0.255 e. The van der Waals surface area contributed by atoms with Gasteiger partial charge in [-0.3, -0.25) is 9.69 Å². The fourth-order valence-electron chi connectivity index (χ4n) is 3.73. The minimum Gasteiger partial charge on any atom is -0.321 e. The lowest BCUT2D eigenvalue weighted by atomic mass is 10.2. The molecule has 0 spiro atoms.